The van der Waals surface area contributed by atoms with Crippen LogP contribution in [0.3, 0.4) is 0 Å². The van der Waals surface area contributed by atoms with E-state index in [1.165, 1.54) is 6.07 Å². The highest BCUT2D eigenvalue weighted by Gasteiger charge is 2.18. The van der Waals surface area contributed by atoms with Crippen LogP contribution in [0, 0.1) is 17.6 Å². The zero-order valence-electron chi connectivity index (χ0n) is 9.91. The lowest BCUT2D eigenvalue weighted by atomic mass is 9.88. The monoisotopic (exact) mass is 242 g/mol. The van der Waals surface area contributed by atoms with Crippen molar-refractivity contribution in [2.45, 2.75) is 32.6 Å². The molecule has 2 nitrogen and oxygen atoms in total. The highest BCUT2D eigenvalue weighted by atomic mass is 19.2. The molecule has 1 N–H and O–H groups in total. The van der Waals surface area contributed by atoms with Gasteiger partial charge in [0.1, 0.15) is 0 Å². The third kappa shape index (κ3) is 4.13. The number of rotatable bonds is 5. The molecule has 0 saturated carbocycles. The Kier molecular flexibility index (Phi) is 4.61. The molecule has 0 aromatic heterocycles. The summed E-state index contributed by atoms with van der Waals surface area (Å²) in [6.07, 6.45) is 0.570. The highest BCUT2D eigenvalue weighted by Crippen LogP contribution is 2.28. The Balaban J connectivity index is 2.94. The quantitative estimate of drug-likeness (QED) is 0.857. The van der Waals surface area contributed by atoms with Crippen molar-refractivity contribution in [2.24, 2.45) is 5.92 Å². The van der Waals surface area contributed by atoms with E-state index < -0.39 is 17.6 Å². The molecule has 0 spiro atoms. The van der Waals surface area contributed by atoms with Gasteiger partial charge in [-0.3, -0.25) is 4.79 Å². The molecule has 0 saturated heterocycles. The number of aliphatic carboxylic acids is 1. The number of hydrogen-bond donors (Lipinski definition) is 1. The Bertz CT molecular complexity index is 402. The van der Waals surface area contributed by atoms with Crippen LogP contribution in [0.1, 0.15) is 38.2 Å². The Hall–Kier alpha value is -1.45. The lowest BCUT2D eigenvalue weighted by Gasteiger charge is -2.17. The highest BCUT2D eigenvalue weighted by molar-refractivity contribution is 5.68. The van der Waals surface area contributed by atoms with Crippen molar-refractivity contribution in [3.8, 4) is 0 Å². The van der Waals surface area contributed by atoms with E-state index in [2.05, 4.69) is 0 Å². The molecule has 1 rings (SSSR count). The topological polar surface area (TPSA) is 37.3 Å². The Morgan fingerprint density at radius 3 is 2.41 bits per heavy atom. The fraction of sp³-hybridized carbons (Fsp3) is 0.462. The first kappa shape index (κ1) is 13.6. The van der Waals surface area contributed by atoms with Gasteiger partial charge < -0.3 is 5.11 Å². The number of carbonyl (C=O) groups is 1. The fourth-order valence-corrected chi connectivity index (χ4v) is 1.88. The maximum Gasteiger partial charge on any atom is 0.303 e. The van der Waals surface area contributed by atoms with Gasteiger partial charge in [0.25, 0.3) is 0 Å². The smallest absolute Gasteiger partial charge is 0.303 e. The maximum absolute atomic E-state index is 13.1. The minimum absolute atomic E-state index is 0.0662. The van der Waals surface area contributed by atoms with Crippen LogP contribution in [-0.4, -0.2) is 11.1 Å². The van der Waals surface area contributed by atoms with E-state index in [1.54, 1.807) is 0 Å². The van der Waals surface area contributed by atoms with Crippen molar-refractivity contribution in [1.29, 1.82) is 0 Å². The molecule has 0 fully saturated rings. The Morgan fingerprint density at radius 1 is 1.29 bits per heavy atom. The standard InChI is InChI=1S/C13H16F2O2/c1-8(2)5-10(7-13(16)17)9-3-4-11(14)12(15)6-9/h3-4,6,8,10H,5,7H2,1-2H3,(H,16,17). The number of carboxylic acid groups (broad SMARTS) is 1. The average Bonchev–Trinajstić information content (AvgIpc) is 2.19. The van der Waals surface area contributed by atoms with Crippen LogP contribution in [0.5, 0.6) is 0 Å². The first-order valence-corrected chi connectivity index (χ1v) is 5.57. The third-order valence-corrected chi connectivity index (χ3v) is 2.59. The Labute approximate surface area is 99.3 Å². The van der Waals surface area contributed by atoms with Crippen molar-refractivity contribution in [3.05, 3.63) is 35.4 Å². The number of benzene rings is 1. The molecule has 0 aliphatic carbocycles. The SMILES string of the molecule is CC(C)CC(CC(=O)O)c1ccc(F)c(F)c1. The summed E-state index contributed by atoms with van der Waals surface area (Å²) < 4.78 is 25.9. The third-order valence-electron chi connectivity index (χ3n) is 2.59. The second-order valence-corrected chi connectivity index (χ2v) is 4.60. The zero-order valence-corrected chi connectivity index (χ0v) is 9.91. The van der Waals surface area contributed by atoms with Crippen molar-refractivity contribution >= 4 is 5.97 Å². The molecule has 0 heterocycles. The van der Waals surface area contributed by atoms with Crippen LogP contribution >= 0.6 is 0 Å². The first-order valence-electron chi connectivity index (χ1n) is 5.57. The minimum Gasteiger partial charge on any atom is -0.481 e. The molecule has 0 bridgehead atoms. The van der Waals surface area contributed by atoms with E-state index in [0.717, 1.165) is 12.1 Å². The van der Waals surface area contributed by atoms with Gasteiger partial charge in [0.05, 0.1) is 6.42 Å². The summed E-state index contributed by atoms with van der Waals surface area (Å²) in [5.41, 5.74) is 0.542. The van der Waals surface area contributed by atoms with E-state index in [1.807, 2.05) is 13.8 Å². The second kappa shape index (κ2) is 5.75. The molecule has 0 amide bonds. The molecule has 0 aliphatic rings. The summed E-state index contributed by atoms with van der Waals surface area (Å²) in [6, 6.07) is 3.58. The number of halogens is 2. The molecule has 94 valence electrons. The van der Waals surface area contributed by atoms with E-state index in [4.69, 9.17) is 5.11 Å². The largest absolute Gasteiger partial charge is 0.481 e. The van der Waals surface area contributed by atoms with Gasteiger partial charge in [-0.25, -0.2) is 8.78 Å². The van der Waals surface area contributed by atoms with E-state index in [0.29, 0.717) is 17.9 Å². The fourth-order valence-electron chi connectivity index (χ4n) is 1.88. The molecular weight excluding hydrogens is 226 g/mol. The van der Waals surface area contributed by atoms with Gasteiger partial charge in [0.15, 0.2) is 11.6 Å². The second-order valence-electron chi connectivity index (χ2n) is 4.60. The van der Waals surface area contributed by atoms with Crippen molar-refractivity contribution in [3.63, 3.8) is 0 Å². The lowest BCUT2D eigenvalue weighted by molar-refractivity contribution is -0.137. The van der Waals surface area contributed by atoms with Crippen LogP contribution in [0.15, 0.2) is 18.2 Å². The summed E-state index contributed by atoms with van der Waals surface area (Å²) >= 11 is 0. The molecule has 17 heavy (non-hydrogen) atoms. The summed E-state index contributed by atoms with van der Waals surface area (Å²) in [4.78, 5) is 10.7. The van der Waals surface area contributed by atoms with E-state index >= 15 is 0 Å². The van der Waals surface area contributed by atoms with E-state index in [9.17, 15) is 13.6 Å². The summed E-state index contributed by atoms with van der Waals surface area (Å²) in [7, 11) is 0. The molecule has 1 atom stereocenters. The Morgan fingerprint density at radius 2 is 1.94 bits per heavy atom. The zero-order chi connectivity index (χ0) is 13.0. The van der Waals surface area contributed by atoms with Crippen LogP contribution in [0.2, 0.25) is 0 Å². The van der Waals surface area contributed by atoms with Gasteiger partial charge in [-0.15, -0.1) is 0 Å². The van der Waals surface area contributed by atoms with Gasteiger partial charge in [-0.05, 0) is 36.0 Å². The number of hydrogen-bond acceptors (Lipinski definition) is 1. The van der Waals surface area contributed by atoms with Gasteiger partial charge in [-0.2, -0.15) is 0 Å². The predicted molar refractivity (Wildman–Crippen MR) is 60.8 cm³/mol. The van der Waals surface area contributed by atoms with Crippen molar-refractivity contribution < 1.29 is 18.7 Å². The van der Waals surface area contributed by atoms with Crippen molar-refractivity contribution in [2.75, 3.05) is 0 Å². The lowest BCUT2D eigenvalue weighted by Crippen LogP contribution is -2.09. The average molecular weight is 242 g/mol. The van der Waals surface area contributed by atoms with Gasteiger partial charge in [-0.1, -0.05) is 19.9 Å². The summed E-state index contributed by atoms with van der Waals surface area (Å²) in [5.74, 6) is -2.75. The van der Waals surface area contributed by atoms with Gasteiger partial charge in [0, 0.05) is 0 Å². The normalized spacial score (nSPS) is 12.8. The van der Waals surface area contributed by atoms with Crippen LogP contribution < -0.4 is 0 Å². The van der Waals surface area contributed by atoms with Gasteiger partial charge in [0.2, 0.25) is 0 Å². The molecule has 4 heteroatoms. The molecule has 1 aromatic carbocycles. The molecule has 1 unspecified atom stereocenters. The predicted octanol–water partition coefficient (Wildman–Crippen LogP) is 3.57. The van der Waals surface area contributed by atoms with Crippen LogP contribution in [-0.2, 0) is 4.79 Å². The summed E-state index contributed by atoms with van der Waals surface area (Å²) in [5, 5.41) is 8.81. The molecule has 0 aliphatic heterocycles. The van der Waals surface area contributed by atoms with Gasteiger partial charge >= 0.3 is 5.97 Å². The summed E-state index contributed by atoms with van der Waals surface area (Å²) in [6.45, 7) is 3.93. The van der Waals surface area contributed by atoms with Crippen LogP contribution in [0.25, 0.3) is 0 Å². The minimum atomic E-state index is -0.930. The molecular formula is C13H16F2O2. The van der Waals surface area contributed by atoms with Crippen LogP contribution in [0.4, 0.5) is 8.78 Å². The first-order chi connectivity index (χ1) is 7.90. The molecule has 0 radical (unpaired) electrons. The number of carboxylic acids is 1. The maximum atomic E-state index is 13.1. The molecule has 1 aromatic rings. The van der Waals surface area contributed by atoms with E-state index in [-0.39, 0.29) is 12.3 Å². The van der Waals surface area contributed by atoms with Crippen molar-refractivity contribution in [1.82, 2.24) is 0 Å².